The number of aromatic nitrogens is 1. The highest BCUT2D eigenvalue weighted by Crippen LogP contribution is 2.31. The first kappa shape index (κ1) is 12.0. The number of anilines is 1. The molecule has 0 spiro atoms. The second-order valence-electron chi connectivity index (χ2n) is 4.63. The van der Waals surface area contributed by atoms with Gasteiger partial charge in [0.25, 0.3) is 0 Å². The van der Waals surface area contributed by atoms with E-state index >= 15 is 0 Å². The van der Waals surface area contributed by atoms with Gasteiger partial charge in [-0.2, -0.15) is 0 Å². The lowest BCUT2D eigenvalue weighted by Gasteiger charge is -2.07. The van der Waals surface area contributed by atoms with Crippen molar-refractivity contribution in [2.75, 3.05) is 18.9 Å². The maximum absolute atomic E-state index is 8.84. The quantitative estimate of drug-likeness (QED) is 0.425. The summed E-state index contributed by atoms with van der Waals surface area (Å²) in [5.41, 5.74) is 10.1. The van der Waals surface area contributed by atoms with Crippen molar-refractivity contribution in [3.63, 3.8) is 0 Å². The first-order chi connectivity index (χ1) is 9.31. The molecule has 0 saturated carbocycles. The van der Waals surface area contributed by atoms with Crippen molar-refractivity contribution in [1.82, 2.24) is 10.3 Å². The van der Waals surface area contributed by atoms with Gasteiger partial charge in [-0.25, -0.2) is 0 Å². The van der Waals surface area contributed by atoms with Crippen molar-refractivity contribution in [3.8, 4) is 0 Å². The monoisotopic (exact) mass is 255 g/mol. The molecule has 0 fully saturated rings. The van der Waals surface area contributed by atoms with E-state index in [-0.39, 0.29) is 6.61 Å². The van der Waals surface area contributed by atoms with Crippen LogP contribution in [0.25, 0.3) is 21.8 Å². The summed E-state index contributed by atoms with van der Waals surface area (Å²) in [4.78, 5) is 3.37. The standard InChI is InChI=1S/C15H17N3O/c16-12-6-5-10(9-17-7-8-19)14-11-3-1-2-4-13(11)18-15(12)14/h1-6,17-19H,7-9,16H2. The Kier molecular flexibility index (Phi) is 3.11. The van der Waals surface area contributed by atoms with Gasteiger partial charge in [0.1, 0.15) is 0 Å². The number of aromatic amines is 1. The molecule has 1 heterocycles. The van der Waals surface area contributed by atoms with Crippen LogP contribution in [0, 0.1) is 0 Å². The third-order valence-corrected chi connectivity index (χ3v) is 3.38. The second-order valence-corrected chi connectivity index (χ2v) is 4.63. The zero-order valence-electron chi connectivity index (χ0n) is 10.6. The van der Waals surface area contributed by atoms with Gasteiger partial charge in [0.05, 0.1) is 17.8 Å². The van der Waals surface area contributed by atoms with E-state index in [9.17, 15) is 0 Å². The molecule has 98 valence electrons. The molecule has 0 saturated heterocycles. The summed E-state index contributed by atoms with van der Waals surface area (Å²) >= 11 is 0. The third kappa shape index (κ3) is 2.05. The highest BCUT2D eigenvalue weighted by atomic mass is 16.3. The van der Waals surface area contributed by atoms with Crippen molar-refractivity contribution in [1.29, 1.82) is 0 Å². The van der Waals surface area contributed by atoms with E-state index in [2.05, 4.69) is 22.4 Å². The molecule has 0 unspecified atom stereocenters. The van der Waals surface area contributed by atoms with Crippen LogP contribution in [0.4, 0.5) is 5.69 Å². The molecule has 3 aromatic rings. The van der Waals surface area contributed by atoms with E-state index in [1.807, 2.05) is 24.3 Å². The molecule has 0 aliphatic heterocycles. The maximum Gasteiger partial charge on any atom is 0.0701 e. The first-order valence-electron chi connectivity index (χ1n) is 6.40. The van der Waals surface area contributed by atoms with Gasteiger partial charge >= 0.3 is 0 Å². The largest absolute Gasteiger partial charge is 0.397 e. The summed E-state index contributed by atoms with van der Waals surface area (Å²) in [7, 11) is 0. The minimum atomic E-state index is 0.145. The molecule has 0 atom stereocenters. The minimum Gasteiger partial charge on any atom is -0.397 e. The lowest BCUT2D eigenvalue weighted by molar-refractivity contribution is 0.292. The molecule has 3 rings (SSSR count). The average molecular weight is 255 g/mol. The van der Waals surface area contributed by atoms with Gasteiger partial charge < -0.3 is 21.1 Å². The Balaban J connectivity index is 2.19. The molecule has 4 heteroatoms. The molecule has 5 N–H and O–H groups in total. The molecule has 0 bridgehead atoms. The fourth-order valence-electron chi connectivity index (χ4n) is 2.50. The number of hydrogen-bond donors (Lipinski definition) is 4. The smallest absolute Gasteiger partial charge is 0.0701 e. The first-order valence-corrected chi connectivity index (χ1v) is 6.40. The fourth-order valence-corrected chi connectivity index (χ4v) is 2.50. The number of H-pyrrole nitrogens is 1. The maximum atomic E-state index is 8.84. The van der Waals surface area contributed by atoms with Gasteiger partial charge in [-0.15, -0.1) is 0 Å². The molecule has 0 amide bonds. The summed E-state index contributed by atoms with van der Waals surface area (Å²) in [6.45, 7) is 1.46. The Bertz CT molecular complexity index is 718. The van der Waals surface area contributed by atoms with Crippen LogP contribution < -0.4 is 11.1 Å². The number of aliphatic hydroxyl groups excluding tert-OH is 1. The van der Waals surface area contributed by atoms with E-state index in [0.29, 0.717) is 6.54 Å². The molecule has 0 aliphatic carbocycles. The Morgan fingerprint density at radius 1 is 1.16 bits per heavy atom. The molecule has 0 radical (unpaired) electrons. The topological polar surface area (TPSA) is 74.1 Å². The number of fused-ring (bicyclic) bond motifs is 3. The van der Waals surface area contributed by atoms with Gasteiger partial charge in [-0.3, -0.25) is 0 Å². The van der Waals surface area contributed by atoms with Crippen molar-refractivity contribution in [2.24, 2.45) is 0 Å². The van der Waals surface area contributed by atoms with Crippen molar-refractivity contribution >= 4 is 27.5 Å². The summed E-state index contributed by atoms with van der Waals surface area (Å²) in [5, 5.41) is 14.4. The Hall–Kier alpha value is -2.04. The molecular weight excluding hydrogens is 238 g/mol. The second kappa shape index (κ2) is 4.91. The Morgan fingerprint density at radius 3 is 2.84 bits per heavy atom. The SMILES string of the molecule is Nc1ccc(CNCCO)c2c1[nH]c1ccccc12. The summed E-state index contributed by atoms with van der Waals surface area (Å²) < 4.78 is 0. The van der Waals surface area contributed by atoms with Gasteiger partial charge in [0, 0.05) is 29.4 Å². The van der Waals surface area contributed by atoms with Crippen LogP contribution in [0.1, 0.15) is 5.56 Å². The number of para-hydroxylation sites is 1. The van der Waals surface area contributed by atoms with Crippen molar-refractivity contribution in [3.05, 3.63) is 42.0 Å². The molecular formula is C15H17N3O. The van der Waals surface area contributed by atoms with Gasteiger partial charge in [-0.05, 0) is 17.7 Å². The van der Waals surface area contributed by atoms with Gasteiger partial charge in [-0.1, -0.05) is 24.3 Å². The zero-order chi connectivity index (χ0) is 13.2. The van der Waals surface area contributed by atoms with E-state index in [1.165, 1.54) is 16.3 Å². The van der Waals surface area contributed by atoms with E-state index in [1.54, 1.807) is 0 Å². The third-order valence-electron chi connectivity index (χ3n) is 3.38. The zero-order valence-corrected chi connectivity index (χ0v) is 10.6. The predicted octanol–water partition coefficient (Wildman–Crippen LogP) is 1.99. The number of rotatable bonds is 4. The summed E-state index contributed by atoms with van der Waals surface area (Å²) in [6, 6.07) is 12.2. The minimum absolute atomic E-state index is 0.145. The van der Waals surface area contributed by atoms with Crippen LogP contribution in [0.3, 0.4) is 0 Å². The number of benzene rings is 2. The molecule has 0 aliphatic rings. The van der Waals surface area contributed by atoms with E-state index in [0.717, 1.165) is 23.3 Å². The molecule has 1 aromatic heterocycles. The number of nitrogens with one attached hydrogen (secondary N) is 2. The van der Waals surface area contributed by atoms with Crippen molar-refractivity contribution < 1.29 is 5.11 Å². The summed E-state index contributed by atoms with van der Waals surface area (Å²) in [5.74, 6) is 0. The normalized spacial score (nSPS) is 11.4. The Labute approximate surface area is 111 Å². The van der Waals surface area contributed by atoms with Crippen molar-refractivity contribution in [2.45, 2.75) is 6.54 Å². The van der Waals surface area contributed by atoms with Crippen LogP contribution in [-0.4, -0.2) is 23.2 Å². The fraction of sp³-hybridized carbons (Fsp3) is 0.200. The van der Waals surface area contributed by atoms with E-state index < -0.39 is 0 Å². The van der Waals surface area contributed by atoms with Gasteiger partial charge in [0.15, 0.2) is 0 Å². The van der Waals surface area contributed by atoms with Crippen LogP contribution >= 0.6 is 0 Å². The number of nitrogens with two attached hydrogens (primary N) is 1. The van der Waals surface area contributed by atoms with Crippen LogP contribution in [0.15, 0.2) is 36.4 Å². The highest BCUT2D eigenvalue weighted by Gasteiger charge is 2.10. The van der Waals surface area contributed by atoms with Crippen LogP contribution in [0.2, 0.25) is 0 Å². The summed E-state index contributed by atoms with van der Waals surface area (Å²) in [6.07, 6.45) is 0. The highest BCUT2D eigenvalue weighted by molar-refractivity contribution is 6.12. The lowest BCUT2D eigenvalue weighted by Crippen LogP contribution is -2.17. The van der Waals surface area contributed by atoms with E-state index in [4.69, 9.17) is 10.8 Å². The Morgan fingerprint density at radius 2 is 2.00 bits per heavy atom. The molecule has 4 nitrogen and oxygen atoms in total. The average Bonchev–Trinajstić information content (AvgIpc) is 2.82. The number of hydrogen-bond acceptors (Lipinski definition) is 3. The van der Waals surface area contributed by atoms with Crippen LogP contribution in [0.5, 0.6) is 0 Å². The van der Waals surface area contributed by atoms with Gasteiger partial charge in [0.2, 0.25) is 0 Å². The predicted molar refractivity (Wildman–Crippen MR) is 79.0 cm³/mol. The molecule has 19 heavy (non-hydrogen) atoms. The number of nitrogen functional groups attached to an aromatic ring is 1. The van der Waals surface area contributed by atoms with Crippen LogP contribution in [-0.2, 0) is 6.54 Å². The lowest BCUT2D eigenvalue weighted by atomic mass is 10.1. The number of aliphatic hydroxyl groups is 1. The molecule has 2 aromatic carbocycles.